The molecule has 0 saturated heterocycles. The van der Waals surface area contributed by atoms with Crippen LogP contribution in [0.5, 0.6) is 0 Å². The monoisotopic (exact) mass is 340 g/mol. The van der Waals surface area contributed by atoms with Crippen LogP contribution in [0.25, 0.3) is 22.3 Å². The van der Waals surface area contributed by atoms with Gasteiger partial charge in [-0.2, -0.15) is 0 Å². The first-order chi connectivity index (χ1) is 10.8. The van der Waals surface area contributed by atoms with Gasteiger partial charge in [0.25, 0.3) is 5.56 Å². The Morgan fingerprint density at radius 3 is 2.35 bits per heavy atom. The molecule has 3 rings (SSSR count). The van der Waals surface area contributed by atoms with Gasteiger partial charge in [0.1, 0.15) is 22.9 Å². The van der Waals surface area contributed by atoms with Gasteiger partial charge in [-0.1, -0.05) is 0 Å². The van der Waals surface area contributed by atoms with Gasteiger partial charge in [0.05, 0.1) is 0 Å². The number of benzene rings is 1. The van der Waals surface area contributed by atoms with Gasteiger partial charge in [0, 0.05) is 18.7 Å². The molecule has 0 aliphatic carbocycles. The number of halogens is 4. The van der Waals surface area contributed by atoms with Crippen molar-refractivity contribution >= 4 is 22.6 Å². The maximum Gasteiger partial charge on any atom is 0.279 e. The Balaban J connectivity index is 2.48. The molecule has 9 heteroatoms. The Bertz CT molecular complexity index is 1020. The highest BCUT2D eigenvalue weighted by molar-refractivity contribution is 6.28. The van der Waals surface area contributed by atoms with Crippen molar-refractivity contribution in [3.05, 3.63) is 51.0 Å². The zero-order chi connectivity index (χ0) is 16.9. The Labute approximate surface area is 132 Å². The number of aromatic nitrogens is 4. The van der Waals surface area contributed by atoms with Crippen molar-refractivity contribution in [2.24, 2.45) is 7.05 Å². The van der Waals surface area contributed by atoms with Crippen molar-refractivity contribution in [1.29, 1.82) is 0 Å². The Morgan fingerprint density at radius 1 is 1.00 bits per heavy atom. The van der Waals surface area contributed by atoms with E-state index in [2.05, 4.69) is 15.0 Å². The highest BCUT2D eigenvalue weighted by atomic mass is 35.5. The molecule has 1 aromatic carbocycles. The van der Waals surface area contributed by atoms with Gasteiger partial charge in [0.2, 0.25) is 5.28 Å². The SMILES string of the molecule is Cc1nc2c(-c3cc(F)c(F)cc3F)nc(Cl)nc2c(=O)n1C. The molecule has 0 N–H and O–H groups in total. The molecule has 0 atom stereocenters. The minimum Gasteiger partial charge on any atom is -0.298 e. The minimum atomic E-state index is -1.34. The lowest BCUT2D eigenvalue weighted by Crippen LogP contribution is -2.22. The molecule has 3 aromatic rings. The molecule has 0 amide bonds. The van der Waals surface area contributed by atoms with Crippen LogP contribution >= 0.6 is 11.6 Å². The molecule has 2 aromatic heterocycles. The zero-order valence-electron chi connectivity index (χ0n) is 11.9. The summed E-state index contributed by atoms with van der Waals surface area (Å²) in [6, 6.07) is 1.03. The van der Waals surface area contributed by atoms with Crippen LogP contribution in [0.3, 0.4) is 0 Å². The van der Waals surface area contributed by atoms with Gasteiger partial charge in [-0.25, -0.2) is 28.1 Å². The van der Waals surface area contributed by atoms with Crippen molar-refractivity contribution in [2.75, 3.05) is 0 Å². The highest BCUT2D eigenvalue weighted by Crippen LogP contribution is 2.28. The number of rotatable bonds is 1. The van der Waals surface area contributed by atoms with E-state index in [9.17, 15) is 18.0 Å². The van der Waals surface area contributed by atoms with Crippen molar-refractivity contribution in [3.63, 3.8) is 0 Å². The summed E-state index contributed by atoms with van der Waals surface area (Å²) in [6.07, 6.45) is 0. The third kappa shape index (κ3) is 2.44. The molecule has 118 valence electrons. The summed E-state index contributed by atoms with van der Waals surface area (Å²) >= 11 is 5.77. The minimum absolute atomic E-state index is 0.0418. The normalized spacial score (nSPS) is 11.2. The smallest absolute Gasteiger partial charge is 0.279 e. The lowest BCUT2D eigenvalue weighted by molar-refractivity contribution is 0.496. The molecular formula is C14H8ClF3N4O. The molecule has 23 heavy (non-hydrogen) atoms. The second-order valence-corrected chi connectivity index (χ2v) is 5.15. The predicted molar refractivity (Wildman–Crippen MR) is 77.6 cm³/mol. The molecule has 2 heterocycles. The summed E-state index contributed by atoms with van der Waals surface area (Å²) in [7, 11) is 1.48. The largest absolute Gasteiger partial charge is 0.298 e. The Kier molecular flexibility index (Phi) is 3.56. The van der Waals surface area contributed by atoms with Crippen LogP contribution in [-0.2, 0) is 7.05 Å². The molecule has 0 bridgehead atoms. The summed E-state index contributed by atoms with van der Waals surface area (Å²) in [5, 5.41) is -0.334. The van der Waals surface area contributed by atoms with Crippen LogP contribution in [0.4, 0.5) is 13.2 Å². The van der Waals surface area contributed by atoms with E-state index in [1.165, 1.54) is 11.6 Å². The zero-order valence-corrected chi connectivity index (χ0v) is 12.6. The van der Waals surface area contributed by atoms with Gasteiger partial charge < -0.3 is 0 Å². The molecule has 0 radical (unpaired) electrons. The number of hydrogen-bond acceptors (Lipinski definition) is 4. The molecule has 0 saturated carbocycles. The van der Waals surface area contributed by atoms with E-state index in [4.69, 9.17) is 11.6 Å². The van der Waals surface area contributed by atoms with Gasteiger partial charge in [-0.05, 0) is 24.6 Å². The average molecular weight is 341 g/mol. The van der Waals surface area contributed by atoms with Crippen molar-refractivity contribution in [1.82, 2.24) is 19.5 Å². The summed E-state index contributed by atoms with van der Waals surface area (Å²) in [6.45, 7) is 1.56. The average Bonchev–Trinajstić information content (AvgIpc) is 2.49. The first-order valence-corrected chi connectivity index (χ1v) is 6.73. The summed E-state index contributed by atoms with van der Waals surface area (Å²) in [4.78, 5) is 24.0. The highest BCUT2D eigenvalue weighted by Gasteiger charge is 2.20. The fraction of sp³-hybridized carbons (Fsp3) is 0.143. The van der Waals surface area contributed by atoms with Gasteiger partial charge in [0.15, 0.2) is 17.2 Å². The quantitative estimate of drug-likeness (QED) is 0.505. The Morgan fingerprint density at radius 2 is 1.65 bits per heavy atom. The number of nitrogens with zero attached hydrogens (tertiary/aromatic N) is 4. The van der Waals surface area contributed by atoms with Crippen LogP contribution in [-0.4, -0.2) is 19.5 Å². The first kappa shape index (κ1) is 15.4. The summed E-state index contributed by atoms with van der Waals surface area (Å²) in [5.41, 5.74) is -1.24. The van der Waals surface area contributed by atoms with E-state index in [1.807, 2.05) is 0 Å². The van der Waals surface area contributed by atoms with Gasteiger partial charge in [-0.15, -0.1) is 0 Å². The van der Waals surface area contributed by atoms with E-state index in [0.717, 1.165) is 0 Å². The van der Waals surface area contributed by atoms with Crippen LogP contribution in [0.2, 0.25) is 5.28 Å². The number of fused-ring (bicyclic) bond motifs is 1. The lowest BCUT2D eigenvalue weighted by atomic mass is 10.1. The first-order valence-electron chi connectivity index (χ1n) is 6.35. The molecule has 0 spiro atoms. The van der Waals surface area contributed by atoms with E-state index < -0.39 is 23.0 Å². The summed E-state index contributed by atoms with van der Waals surface area (Å²) in [5.74, 6) is -3.33. The second kappa shape index (κ2) is 5.31. The third-order valence-electron chi connectivity index (χ3n) is 3.39. The fourth-order valence-corrected chi connectivity index (χ4v) is 2.29. The second-order valence-electron chi connectivity index (χ2n) is 4.81. The standard InChI is InChI=1S/C14H8ClF3N4O/c1-5-19-11-10(6-3-8(17)9(18)4-7(6)16)20-14(15)21-12(11)13(23)22(5)2/h3-4H,1-2H3. The Hall–Kier alpha value is -2.48. The predicted octanol–water partition coefficient (Wildman–Crippen LogP) is 2.77. The maximum absolute atomic E-state index is 14.0. The van der Waals surface area contributed by atoms with E-state index in [0.29, 0.717) is 18.0 Å². The van der Waals surface area contributed by atoms with Crippen molar-refractivity contribution in [2.45, 2.75) is 6.92 Å². The number of hydrogen-bond donors (Lipinski definition) is 0. The van der Waals surface area contributed by atoms with Crippen molar-refractivity contribution in [3.8, 4) is 11.3 Å². The molecule has 0 aliphatic rings. The lowest BCUT2D eigenvalue weighted by Gasteiger charge is -2.09. The fourth-order valence-electron chi connectivity index (χ4n) is 2.12. The molecule has 0 unspecified atom stereocenters. The van der Waals surface area contributed by atoms with E-state index in [1.54, 1.807) is 6.92 Å². The summed E-state index contributed by atoms with van der Waals surface area (Å²) < 4.78 is 41.8. The third-order valence-corrected chi connectivity index (χ3v) is 3.56. The molecule has 5 nitrogen and oxygen atoms in total. The van der Waals surface area contributed by atoms with E-state index in [-0.39, 0.29) is 27.6 Å². The van der Waals surface area contributed by atoms with Crippen molar-refractivity contribution < 1.29 is 13.2 Å². The van der Waals surface area contributed by atoms with Crippen LogP contribution in [0.15, 0.2) is 16.9 Å². The van der Waals surface area contributed by atoms with E-state index >= 15 is 0 Å². The molecule has 0 fully saturated rings. The number of aryl methyl sites for hydroxylation is 1. The van der Waals surface area contributed by atoms with Crippen LogP contribution < -0.4 is 5.56 Å². The molecule has 0 aliphatic heterocycles. The van der Waals surface area contributed by atoms with Gasteiger partial charge >= 0.3 is 0 Å². The molecular weight excluding hydrogens is 333 g/mol. The van der Waals surface area contributed by atoms with Gasteiger partial charge in [-0.3, -0.25) is 9.36 Å². The maximum atomic E-state index is 14.0. The topological polar surface area (TPSA) is 60.7 Å². The van der Waals surface area contributed by atoms with Crippen LogP contribution in [0.1, 0.15) is 5.82 Å². The van der Waals surface area contributed by atoms with Crippen LogP contribution in [0, 0.1) is 24.4 Å².